The number of fused-ring (bicyclic) bond motifs is 1. The molecular formula is C18H24N4O4S. The summed E-state index contributed by atoms with van der Waals surface area (Å²) in [6.07, 6.45) is 3.60. The third-order valence-electron chi connectivity index (χ3n) is 5.12. The van der Waals surface area contributed by atoms with Crippen molar-refractivity contribution in [2.75, 3.05) is 26.4 Å². The predicted octanol–water partition coefficient (Wildman–Crippen LogP) is 1.85. The lowest BCUT2D eigenvalue weighted by Crippen LogP contribution is -2.44. The van der Waals surface area contributed by atoms with Crippen molar-refractivity contribution in [3.05, 3.63) is 27.6 Å². The number of piperidine rings is 1. The highest BCUT2D eigenvalue weighted by Gasteiger charge is 2.26. The Labute approximate surface area is 160 Å². The van der Waals surface area contributed by atoms with Crippen molar-refractivity contribution in [2.45, 2.75) is 44.3 Å². The number of rotatable bonds is 5. The van der Waals surface area contributed by atoms with Crippen molar-refractivity contribution in [2.24, 2.45) is 0 Å². The van der Waals surface area contributed by atoms with Gasteiger partial charge < -0.3 is 19.8 Å². The van der Waals surface area contributed by atoms with E-state index in [2.05, 4.69) is 20.2 Å². The number of amides is 1. The number of hydrogen-bond donors (Lipinski definition) is 2. The van der Waals surface area contributed by atoms with Crippen LogP contribution in [0.5, 0.6) is 0 Å². The van der Waals surface area contributed by atoms with Crippen molar-refractivity contribution in [1.82, 2.24) is 20.2 Å². The number of carbonyl (C=O) groups excluding carboxylic acids is 1. The average molecular weight is 392 g/mol. The van der Waals surface area contributed by atoms with Crippen molar-refractivity contribution in [1.29, 1.82) is 0 Å². The summed E-state index contributed by atoms with van der Waals surface area (Å²) in [5, 5.41) is 4.72. The van der Waals surface area contributed by atoms with E-state index in [9.17, 15) is 9.59 Å². The van der Waals surface area contributed by atoms with Gasteiger partial charge in [0, 0.05) is 12.6 Å². The van der Waals surface area contributed by atoms with Gasteiger partial charge >= 0.3 is 6.09 Å². The minimum absolute atomic E-state index is 0.0478. The summed E-state index contributed by atoms with van der Waals surface area (Å²) in [6.45, 7) is 3.02. The van der Waals surface area contributed by atoms with Crippen molar-refractivity contribution < 1.29 is 14.3 Å². The molecule has 2 N–H and O–H groups in total. The second-order valence-corrected chi connectivity index (χ2v) is 7.99. The maximum atomic E-state index is 12.2. The van der Waals surface area contributed by atoms with Crippen molar-refractivity contribution in [3.63, 3.8) is 0 Å². The largest absolute Gasteiger partial charge is 0.448 e. The molecule has 0 spiro atoms. The van der Waals surface area contributed by atoms with Crippen LogP contribution in [0.3, 0.4) is 0 Å². The number of hydrogen-bond acceptors (Lipinski definition) is 7. The second-order valence-electron chi connectivity index (χ2n) is 7.07. The van der Waals surface area contributed by atoms with E-state index in [1.807, 2.05) is 11.4 Å². The van der Waals surface area contributed by atoms with Crippen LogP contribution in [0.15, 0.2) is 16.2 Å². The molecule has 0 aromatic carbocycles. The van der Waals surface area contributed by atoms with Crippen molar-refractivity contribution >= 4 is 27.6 Å². The molecule has 2 aliphatic heterocycles. The van der Waals surface area contributed by atoms with E-state index in [-0.39, 0.29) is 23.7 Å². The SMILES string of the molecule is O=C(NC1CCOC1)OCC1CCCCN1Cc1nc2ccsc2c(=O)[nH]1. The summed E-state index contributed by atoms with van der Waals surface area (Å²) in [7, 11) is 0. The first kappa shape index (κ1) is 18.4. The van der Waals surface area contributed by atoms with Crippen LogP contribution in [0.2, 0.25) is 0 Å². The van der Waals surface area contributed by atoms with E-state index >= 15 is 0 Å². The van der Waals surface area contributed by atoms with Gasteiger partial charge in [0.2, 0.25) is 0 Å². The molecule has 0 radical (unpaired) electrons. The molecular weight excluding hydrogens is 368 g/mol. The number of nitrogens with one attached hydrogen (secondary N) is 2. The van der Waals surface area contributed by atoms with E-state index in [0.29, 0.717) is 36.9 Å². The molecule has 0 saturated carbocycles. The molecule has 2 unspecified atom stereocenters. The number of H-pyrrole nitrogens is 1. The lowest BCUT2D eigenvalue weighted by Gasteiger charge is -2.34. The molecule has 2 atom stereocenters. The van der Waals surface area contributed by atoms with Crippen molar-refractivity contribution in [3.8, 4) is 0 Å². The Morgan fingerprint density at radius 2 is 2.37 bits per heavy atom. The van der Waals surface area contributed by atoms with E-state index in [1.165, 1.54) is 11.3 Å². The molecule has 8 nitrogen and oxygen atoms in total. The average Bonchev–Trinajstić information content (AvgIpc) is 3.33. The number of aromatic nitrogens is 2. The van der Waals surface area contributed by atoms with Crippen LogP contribution in [0.25, 0.3) is 10.2 Å². The lowest BCUT2D eigenvalue weighted by molar-refractivity contribution is 0.0609. The number of carbonyl (C=O) groups is 1. The van der Waals surface area contributed by atoms with Gasteiger partial charge in [0.05, 0.1) is 24.7 Å². The molecule has 2 aromatic rings. The normalized spacial score (nSPS) is 23.6. The number of ether oxygens (including phenoxy) is 2. The van der Waals surface area contributed by atoms with Gasteiger partial charge in [-0.25, -0.2) is 9.78 Å². The standard InChI is InChI=1S/C18H24N4O4S/c23-17-16-14(5-8-27-16)20-15(21-17)9-22-6-2-1-3-13(22)11-26-18(24)19-12-4-7-25-10-12/h5,8,12-13H,1-4,6-7,9-11H2,(H,19,24)(H,20,21,23). The Bertz CT molecular complexity index is 845. The fourth-order valence-corrected chi connectivity index (χ4v) is 4.40. The number of nitrogens with zero attached hydrogens (tertiary/aromatic N) is 2. The first-order valence-corrected chi connectivity index (χ1v) is 10.3. The zero-order valence-corrected chi connectivity index (χ0v) is 15.9. The number of likely N-dealkylation sites (tertiary alicyclic amines) is 1. The molecule has 1 amide bonds. The van der Waals surface area contributed by atoms with Gasteiger partial charge in [-0.3, -0.25) is 9.69 Å². The zero-order chi connectivity index (χ0) is 18.6. The lowest BCUT2D eigenvalue weighted by atomic mass is 10.0. The summed E-state index contributed by atoms with van der Waals surface area (Å²) >= 11 is 1.40. The number of aromatic amines is 1. The Morgan fingerprint density at radius 3 is 3.22 bits per heavy atom. The fraction of sp³-hybridized carbons (Fsp3) is 0.611. The highest BCUT2D eigenvalue weighted by Crippen LogP contribution is 2.20. The Hall–Kier alpha value is -1.97. The van der Waals surface area contributed by atoms with Gasteiger partial charge in [0.25, 0.3) is 5.56 Å². The molecule has 0 aliphatic carbocycles. The Kier molecular flexibility index (Phi) is 5.70. The molecule has 2 fully saturated rings. The van der Waals surface area contributed by atoms with Gasteiger partial charge in [-0.15, -0.1) is 11.3 Å². The van der Waals surface area contributed by atoms with Crippen LogP contribution >= 0.6 is 11.3 Å². The van der Waals surface area contributed by atoms with E-state index in [4.69, 9.17) is 9.47 Å². The summed E-state index contributed by atoms with van der Waals surface area (Å²) in [6, 6.07) is 2.05. The first-order chi connectivity index (χ1) is 13.2. The fourth-order valence-electron chi connectivity index (χ4n) is 3.67. The molecule has 146 valence electrons. The van der Waals surface area contributed by atoms with E-state index in [0.717, 1.165) is 37.7 Å². The third kappa shape index (κ3) is 4.48. The predicted molar refractivity (Wildman–Crippen MR) is 102 cm³/mol. The van der Waals surface area contributed by atoms with Crippen LogP contribution in [0, 0.1) is 0 Å². The minimum atomic E-state index is -0.387. The molecule has 2 saturated heterocycles. The molecule has 27 heavy (non-hydrogen) atoms. The molecule has 2 aliphatic rings. The van der Waals surface area contributed by atoms with Gasteiger partial charge in [0.1, 0.15) is 17.1 Å². The highest BCUT2D eigenvalue weighted by atomic mass is 32.1. The van der Waals surface area contributed by atoms with Gasteiger partial charge in [-0.1, -0.05) is 6.42 Å². The van der Waals surface area contributed by atoms with E-state index < -0.39 is 0 Å². The highest BCUT2D eigenvalue weighted by molar-refractivity contribution is 7.17. The number of alkyl carbamates (subject to hydrolysis) is 1. The summed E-state index contributed by atoms with van der Waals surface area (Å²) in [5.41, 5.74) is 0.648. The summed E-state index contributed by atoms with van der Waals surface area (Å²) in [5.74, 6) is 0.658. The van der Waals surface area contributed by atoms with Crippen LogP contribution in [-0.2, 0) is 16.0 Å². The molecule has 2 aromatic heterocycles. The smallest absolute Gasteiger partial charge is 0.407 e. The molecule has 4 rings (SSSR count). The quantitative estimate of drug-likeness (QED) is 0.806. The summed E-state index contributed by atoms with van der Waals surface area (Å²) < 4.78 is 11.4. The maximum Gasteiger partial charge on any atom is 0.407 e. The van der Waals surface area contributed by atoms with Gasteiger partial charge in [-0.05, 0) is 37.3 Å². The molecule has 4 heterocycles. The Morgan fingerprint density at radius 1 is 1.44 bits per heavy atom. The number of thiophene rings is 1. The summed E-state index contributed by atoms with van der Waals surface area (Å²) in [4.78, 5) is 33.9. The maximum absolute atomic E-state index is 12.2. The molecule has 9 heteroatoms. The van der Waals surface area contributed by atoms with Gasteiger partial charge in [-0.2, -0.15) is 0 Å². The van der Waals surface area contributed by atoms with Crippen LogP contribution in [0.4, 0.5) is 4.79 Å². The Balaban J connectivity index is 1.36. The van der Waals surface area contributed by atoms with E-state index in [1.54, 1.807) is 0 Å². The topological polar surface area (TPSA) is 96.6 Å². The minimum Gasteiger partial charge on any atom is -0.448 e. The van der Waals surface area contributed by atoms with Crippen LogP contribution in [0.1, 0.15) is 31.5 Å². The second kappa shape index (κ2) is 8.37. The molecule has 0 bridgehead atoms. The monoisotopic (exact) mass is 392 g/mol. The third-order valence-corrected chi connectivity index (χ3v) is 6.03. The van der Waals surface area contributed by atoms with Gasteiger partial charge in [0.15, 0.2) is 0 Å². The first-order valence-electron chi connectivity index (χ1n) is 9.40. The van der Waals surface area contributed by atoms with Crippen LogP contribution < -0.4 is 10.9 Å². The zero-order valence-electron chi connectivity index (χ0n) is 15.1. The van der Waals surface area contributed by atoms with Crippen LogP contribution in [-0.4, -0.2) is 59.4 Å².